The van der Waals surface area contributed by atoms with Crippen LogP contribution in [0.4, 0.5) is 5.69 Å². The van der Waals surface area contributed by atoms with E-state index in [1.54, 1.807) is 6.07 Å². The van der Waals surface area contributed by atoms with Gasteiger partial charge in [0.15, 0.2) is 6.61 Å². The Morgan fingerprint density at radius 2 is 2.17 bits per heavy atom. The summed E-state index contributed by atoms with van der Waals surface area (Å²) in [5.41, 5.74) is 1.89. The summed E-state index contributed by atoms with van der Waals surface area (Å²) in [4.78, 5) is 23.2. The molecule has 0 aromatic heterocycles. The Balaban J connectivity index is 1.77. The van der Waals surface area contributed by atoms with E-state index in [1.807, 2.05) is 19.1 Å². The number of unbranched alkanes of at least 4 members (excludes halogenated alkanes) is 2. The maximum Gasteiger partial charge on any atom is 0.258 e. The molecule has 1 aliphatic rings. The second kappa shape index (κ2) is 8.56. The molecule has 2 N–H and O–H groups in total. The lowest BCUT2D eigenvalue weighted by Gasteiger charge is -2.18. The highest BCUT2D eigenvalue weighted by molar-refractivity contribution is 5.94. The topological polar surface area (TPSA) is 67.4 Å². The van der Waals surface area contributed by atoms with Crippen LogP contribution in [0.2, 0.25) is 0 Å². The second-order valence-corrected chi connectivity index (χ2v) is 6.12. The molecule has 2 amide bonds. The first kappa shape index (κ1) is 17.3. The number of aryl methyl sites for hydroxylation is 1. The second-order valence-electron chi connectivity index (χ2n) is 6.12. The van der Waals surface area contributed by atoms with Crippen LogP contribution >= 0.6 is 0 Å². The Kier molecular flexibility index (Phi) is 6.44. The van der Waals surface area contributed by atoms with Gasteiger partial charge in [-0.2, -0.15) is 0 Å². The quantitative estimate of drug-likeness (QED) is 0.724. The van der Waals surface area contributed by atoms with Crippen LogP contribution in [0.3, 0.4) is 0 Å². The molecule has 1 aromatic rings. The summed E-state index contributed by atoms with van der Waals surface area (Å²) in [5.74, 6) is 0.608. The van der Waals surface area contributed by atoms with Gasteiger partial charge >= 0.3 is 0 Å². The Hall–Kier alpha value is -2.04. The maximum absolute atomic E-state index is 11.9. The van der Waals surface area contributed by atoms with E-state index in [2.05, 4.69) is 17.6 Å². The van der Waals surface area contributed by atoms with Crippen LogP contribution < -0.4 is 15.4 Å². The van der Waals surface area contributed by atoms with Crippen molar-refractivity contribution in [3.05, 3.63) is 23.8 Å². The van der Waals surface area contributed by atoms with Gasteiger partial charge in [0.05, 0.1) is 0 Å². The minimum atomic E-state index is -0.0972. The van der Waals surface area contributed by atoms with Crippen LogP contribution in [0.5, 0.6) is 5.75 Å². The monoisotopic (exact) mass is 318 g/mol. The van der Waals surface area contributed by atoms with Gasteiger partial charge in [-0.15, -0.1) is 0 Å². The zero-order valence-electron chi connectivity index (χ0n) is 14.0. The van der Waals surface area contributed by atoms with E-state index < -0.39 is 0 Å². The maximum atomic E-state index is 11.9. The lowest BCUT2D eigenvalue weighted by molar-refractivity contribution is -0.123. The molecule has 126 valence electrons. The van der Waals surface area contributed by atoms with Crippen molar-refractivity contribution < 1.29 is 14.3 Å². The number of anilines is 1. The van der Waals surface area contributed by atoms with E-state index in [1.165, 1.54) is 12.8 Å². The minimum absolute atomic E-state index is 0.0171. The third-order valence-electron chi connectivity index (χ3n) is 3.99. The number of hydrogen-bond acceptors (Lipinski definition) is 3. The van der Waals surface area contributed by atoms with E-state index in [-0.39, 0.29) is 24.5 Å². The molecule has 0 radical (unpaired) electrons. The van der Waals surface area contributed by atoms with Crippen molar-refractivity contribution in [3.63, 3.8) is 0 Å². The number of nitrogens with one attached hydrogen (secondary N) is 2. The van der Waals surface area contributed by atoms with Crippen LogP contribution in [-0.4, -0.2) is 24.5 Å². The van der Waals surface area contributed by atoms with Crippen LogP contribution in [0.25, 0.3) is 0 Å². The summed E-state index contributed by atoms with van der Waals surface area (Å²) in [7, 11) is 0. The third kappa shape index (κ3) is 5.58. The number of amides is 2. The average molecular weight is 318 g/mol. The molecule has 0 spiro atoms. The molecule has 1 aliphatic heterocycles. The summed E-state index contributed by atoms with van der Waals surface area (Å²) < 4.78 is 5.56. The van der Waals surface area contributed by atoms with Crippen LogP contribution in [-0.2, 0) is 16.0 Å². The molecule has 0 bridgehead atoms. The highest BCUT2D eigenvalue weighted by Crippen LogP contribution is 2.26. The van der Waals surface area contributed by atoms with Gasteiger partial charge in [0, 0.05) is 18.2 Å². The molecular weight excluding hydrogens is 292 g/mol. The summed E-state index contributed by atoms with van der Waals surface area (Å²) in [6.07, 6.45) is 5.71. The van der Waals surface area contributed by atoms with Crippen molar-refractivity contribution in [2.24, 2.45) is 0 Å². The molecular formula is C18H26N2O3. The number of hydrogen-bond donors (Lipinski definition) is 2. The number of benzene rings is 1. The van der Waals surface area contributed by atoms with Gasteiger partial charge in [-0.05, 0) is 43.5 Å². The minimum Gasteiger partial charge on any atom is -0.484 e. The van der Waals surface area contributed by atoms with E-state index in [0.717, 1.165) is 24.1 Å². The van der Waals surface area contributed by atoms with Crippen molar-refractivity contribution in [2.75, 3.05) is 11.9 Å². The largest absolute Gasteiger partial charge is 0.484 e. The van der Waals surface area contributed by atoms with Gasteiger partial charge in [0.1, 0.15) is 5.75 Å². The Morgan fingerprint density at radius 3 is 2.96 bits per heavy atom. The fourth-order valence-electron chi connectivity index (χ4n) is 2.69. The van der Waals surface area contributed by atoms with Crippen molar-refractivity contribution >= 4 is 17.5 Å². The van der Waals surface area contributed by atoms with Crippen molar-refractivity contribution in [1.82, 2.24) is 5.32 Å². The van der Waals surface area contributed by atoms with Crippen molar-refractivity contribution in [1.29, 1.82) is 0 Å². The SMILES string of the molecule is CCCCCC(C)NC(=O)COc1ccc2c(c1)CCC(=O)N2. The van der Waals surface area contributed by atoms with Crippen molar-refractivity contribution in [2.45, 2.75) is 58.4 Å². The summed E-state index contributed by atoms with van der Waals surface area (Å²) in [6.45, 7) is 4.21. The van der Waals surface area contributed by atoms with Crippen molar-refractivity contribution in [3.8, 4) is 5.75 Å². The molecule has 1 atom stereocenters. The number of carbonyl (C=O) groups excluding carboxylic acids is 2. The van der Waals surface area contributed by atoms with E-state index in [4.69, 9.17) is 4.74 Å². The summed E-state index contributed by atoms with van der Waals surface area (Å²) in [5, 5.41) is 5.78. The van der Waals surface area contributed by atoms with Crippen LogP contribution in [0.15, 0.2) is 18.2 Å². The van der Waals surface area contributed by atoms with Gasteiger partial charge < -0.3 is 15.4 Å². The summed E-state index contributed by atoms with van der Waals surface area (Å²) >= 11 is 0. The highest BCUT2D eigenvalue weighted by Gasteiger charge is 2.15. The first-order valence-electron chi connectivity index (χ1n) is 8.43. The molecule has 0 saturated heterocycles. The number of carbonyl (C=O) groups is 2. The third-order valence-corrected chi connectivity index (χ3v) is 3.99. The molecule has 0 saturated carbocycles. The van der Waals surface area contributed by atoms with Crippen LogP contribution in [0.1, 0.15) is 51.5 Å². The van der Waals surface area contributed by atoms with Gasteiger partial charge in [-0.1, -0.05) is 26.2 Å². The molecule has 1 unspecified atom stereocenters. The molecule has 0 aliphatic carbocycles. The number of rotatable bonds is 8. The highest BCUT2D eigenvalue weighted by atomic mass is 16.5. The molecule has 2 rings (SSSR count). The van der Waals surface area contributed by atoms with E-state index in [9.17, 15) is 9.59 Å². The predicted octanol–water partition coefficient (Wildman–Crippen LogP) is 3.04. The Bertz CT molecular complexity index is 557. The van der Waals surface area contributed by atoms with Gasteiger partial charge in [-0.25, -0.2) is 0 Å². The smallest absolute Gasteiger partial charge is 0.258 e. The van der Waals surface area contributed by atoms with Gasteiger partial charge in [0.2, 0.25) is 5.91 Å². The lowest BCUT2D eigenvalue weighted by Crippen LogP contribution is -2.36. The van der Waals surface area contributed by atoms with E-state index in [0.29, 0.717) is 18.6 Å². The zero-order valence-corrected chi connectivity index (χ0v) is 14.0. The zero-order chi connectivity index (χ0) is 16.7. The normalized spacial score (nSPS) is 14.6. The average Bonchev–Trinajstić information content (AvgIpc) is 2.53. The standard InChI is InChI=1S/C18H26N2O3/c1-3-4-5-6-13(2)19-18(22)12-23-15-8-9-16-14(11-15)7-10-17(21)20-16/h8-9,11,13H,3-7,10,12H2,1-2H3,(H,19,22)(H,20,21). The van der Waals surface area contributed by atoms with Crippen LogP contribution in [0, 0.1) is 0 Å². The molecule has 5 nitrogen and oxygen atoms in total. The molecule has 5 heteroatoms. The number of ether oxygens (including phenoxy) is 1. The first-order valence-corrected chi connectivity index (χ1v) is 8.43. The fourth-order valence-corrected chi connectivity index (χ4v) is 2.69. The molecule has 23 heavy (non-hydrogen) atoms. The predicted molar refractivity (Wildman–Crippen MR) is 90.6 cm³/mol. The number of fused-ring (bicyclic) bond motifs is 1. The summed E-state index contributed by atoms with van der Waals surface area (Å²) in [6, 6.07) is 5.68. The Morgan fingerprint density at radius 1 is 1.35 bits per heavy atom. The lowest BCUT2D eigenvalue weighted by atomic mass is 10.0. The Labute approximate surface area is 137 Å². The fraction of sp³-hybridized carbons (Fsp3) is 0.556. The molecule has 0 fully saturated rings. The van der Waals surface area contributed by atoms with Gasteiger partial charge in [0.25, 0.3) is 5.91 Å². The molecule has 1 aromatic carbocycles. The molecule has 1 heterocycles. The van der Waals surface area contributed by atoms with Gasteiger partial charge in [-0.3, -0.25) is 9.59 Å². The first-order chi connectivity index (χ1) is 11.1. The van der Waals surface area contributed by atoms with E-state index >= 15 is 0 Å².